The fraction of sp³-hybridized carbons (Fsp3) is 0.0789. The Bertz CT molecular complexity index is 2360. The summed E-state index contributed by atoms with van der Waals surface area (Å²) >= 11 is 0. The van der Waals surface area contributed by atoms with Crippen molar-refractivity contribution in [2.45, 2.75) is 19.3 Å². The second-order valence-corrected chi connectivity index (χ2v) is 11.7. The van der Waals surface area contributed by atoms with Gasteiger partial charge in [0.15, 0.2) is 23.2 Å². The molecule has 5 heteroatoms. The summed E-state index contributed by atoms with van der Waals surface area (Å²) in [5.74, 6) is 2.26. The molecule has 5 nitrogen and oxygen atoms in total. The normalized spacial score (nSPS) is 13.5. The highest BCUT2D eigenvalue weighted by Crippen LogP contribution is 2.51. The molecule has 3 aromatic heterocycles. The van der Waals surface area contributed by atoms with Gasteiger partial charge in [0, 0.05) is 32.7 Å². The first kappa shape index (κ1) is 24.1. The second kappa shape index (κ2) is 8.73. The van der Waals surface area contributed by atoms with Crippen molar-refractivity contribution in [3.8, 4) is 45.5 Å². The predicted molar refractivity (Wildman–Crippen MR) is 171 cm³/mol. The Kier molecular flexibility index (Phi) is 4.89. The van der Waals surface area contributed by atoms with Crippen molar-refractivity contribution >= 4 is 32.9 Å². The number of hydrogen-bond donors (Lipinski definition) is 0. The summed E-state index contributed by atoms with van der Waals surface area (Å²) in [6, 6.07) is 39.3. The smallest absolute Gasteiger partial charge is 0.199 e. The van der Waals surface area contributed by atoms with E-state index in [1.807, 2.05) is 54.6 Å². The summed E-state index contributed by atoms with van der Waals surface area (Å²) in [7, 11) is 0. The van der Waals surface area contributed by atoms with Gasteiger partial charge in [0.2, 0.25) is 0 Å². The second-order valence-electron chi connectivity index (χ2n) is 11.7. The van der Waals surface area contributed by atoms with Crippen LogP contribution < -0.4 is 0 Å². The van der Waals surface area contributed by atoms with Gasteiger partial charge in [-0.25, -0.2) is 15.0 Å². The number of fused-ring (bicyclic) bond motifs is 7. The van der Waals surface area contributed by atoms with Gasteiger partial charge in [-0.05, 0) is 52.6 Å². The molecule has 0 atom stereocenters. The third-order valence-electron chi connectivity index (χ3n) is 8.77. The molecule has 0 saturated carbocycles. The van der Waals surface area contributed by atoms with Gasteiger partial charge in [-0.15, -0.1) is 0 Å². The standard InChI is InChI=1S/C38H25N3O2/c1-38(2)28-14-6-4-12-26(28)34-27(13-9-15-29(34)38)36-39-35(40-37(41-36)33-20-22-10-3-7-16-30(22)42-33)23-18-19-25-24-11-5-8-17-31(24)43-32(25)21-23/h3-21H,1-2H3. The van der Waals surface area contributed by atoms with Gasteiger partial charge >= 0.3 is 0 Å². The van der Waals surface area contributed by atoms with E-state index in [0.717, 1.165) is 44.0 Å². The molecule has 0 aliphatic heterocycles. The largest absolute Gasteiger partial charge is 0.456 e. The van der Waals surface area contributed by atoms with Gasteiger partial charge in [-0.2, -0.15) is 0 Å². The first-order valence-corrected chi connectivity index (χ1v) is 14.4. The van der Waals surface area contributed by atoms with E-state index in [2.05, 4.69) is 74.5 Å². The summed E-state index contributed by atoms with van der Waals surface area (Å²) in [5.41, 5.74) is 9.09. The van der Waals surface area contributed by atoms with Crippen LogP contribution in [0.15, 0.2) is 124 Å². The molecular weight excluding hydrogens is 530 g/mol. The number of hydrogen-bond acceptors (Lipinski definition) is 5. The maximum absolute atomic E-state index is 6.26. The van der Waals surface area contributed by atoms with E-state index >= 15 is 0 Å². The molecule has 204 valence electrons. The highest BCUT2D eigenvalue weighted by Gasteiger charge is 2.37. The number of nitrogens with zero attached hydrogens (tertiary/aromatic N) is 3. The zero-order valence-corrected chi connectivity index (χ0v) is 23.6. The van der Waals surface area contributed by atoms with Crippen LogP contribution in [0.2, 0.25) is 0 Å². The molecule has 0 unspecified atom stereocenters. The summed E-state index contributed by atoms with van der Waals surface area (Å²) in [6.07, 6.45) is 0. The zero-order valence-electron chi connectivity index (χ0n) is 23.6. The van der Waals surface area contributed by atoms with E-state index in [4.69, 9.17) is 23.8 Å². The van der Waals surface area contributed by atoms with Crippen LogP contribution in [0, 0.1) is 0 Å². The van der Waals surface area contributed by atoms with Gasteiger partial charge in [-0.3, -0.25) is 0 Å². The molecule has 0 radical (unpaired) electrons. The lowest BCUT2D eigenvalue weighted by molar-refractivity contribution is 0.625. The molecular formula is C38H25N3O2. The minimum atomic E-state index is -0.133. The lowest BCUT2D eigenvalue weighted by Gasteiger charge is -2.21. The Balaban J connectivity index is 1.30. The Morgan fingerprint density at radius 3 is 2.12 bits per heavy atom. The zero-order chi connectivity index (χ0) is 28.7. The number of para-hydroxylation sites is 2. The number of aromatic nitrogens is 3. The lowest BCUT2D eigenvalue weighted by Crippen LogP contribution is -2.14. The molecule has 1 aliphatic rings. The molecule has 0 saturated heterocycles. The predicted octanol–water partition coefficient (Wildman–Crippen LogP) is 9.82. The van der Waals surface area contributed by atoms with Gasteiger partial charge in [-0.1, -0.05) is 98.8 Å². The number of rotatable bonds is 3. The van der Waals surface area contributed by atoms with Crippen LogP contribution in [0.1, 0.15) is 25.0 Å². The van der Waals surface area contributed by atoms with Gasteiger partial charge < -0.3 is 8.83 Å². The molecule has 5 aromatic carbocycles. The molecule has 0 amide bonds. The summed E-state index contributed by atoms with van der Waals surface area (Å²) in [5, 5.41) is 3.15. The van der Waals surface area contributed by atoms with Crippen molar-refractivity contribution in [3.63, 3.8) is 0 Å². The van der Waals surface area contributed by atoms with Crippen LogP contribution in [-0.4, -0.2) is 15.0 Å². The average molecular weight is 556 g/mol. The number of furan rings is 2. The maximum atomic E-state index is 6.26. The fourth-order valence-corrected chi connectivity index (χ4v) is 6.63. The summed E-state index contributed by atoms with van der Waals surface area (Å²) in [4.78, 5) is 15.1. The minimum Gasteiger partial charge on any atom is -0.456 e. The van der Waals surface area contributed by atoms with E-state index in [-0.39, 0.29) is 5.41 Å². The van der Waals surface area contributed by atoms with E-state index in [9.17, 15) is 0 Å². The molecule has 0 fully saturated rings. The van der Waals surface area contributed by atoms with Gasteiger partial charge in [0.05, 0.1) is 0 Å². The van der Waals surface area contributed by atoms with Crippen molar-refractivity contribution in [1.29, 1.82) is 0 Å². The molecule has 1 aliphatic carbocycles. The maximum Gasteiger partial charge on any atom is 0.199 e. The fourth-order valence-electron chi connectivity index (χ4n) is 6.63. The third kappa shape index (κ3) is 3.55. The topological polar surface area (TPSA) is 65.0 Å². The summed E-state index contributed by atoms with van der Waals surface area (Å²) < 4.78 is 12.5. The Hall–Kier alpha value is -5.55. The van der Waals surface area contributed by atoms with Crippen LogP contribution in [0.3, 0.4) is 0 Å². The van der Waals surface area contributed by atoms with Crippen molar-refractivity contribution in [3.05, 3.63) is 126 Å². The molecule has 43 heavy (non-hydrogen) atoms. The van der Waals surface area contributed by atoms with E-state index < -0.39 is 0 Å². The monoisotopic (exact) mass is 555 g/mol. The minimum absolute atomic E-state index is 0.133. The van der Waals surface area contributed by atoms with E-state index in [1.54, 1.807) is 0 Å². The first-order chi connectivity index (χ1) is 21.0. The van der Waals surface area contributed by atoms with Crippen molar-refractivity contribution in [2.75, 3.05) is 0 Å². The van der Waals surface area contributed by atoms with Gasteiger partial charge in [0.1, 0.15) is 16.7 Å². The van der Waals surface area contributed by atoms with E-state index in [1.165, 1.54) is 22.3 Å². The molecule has 0 bridgehead atoms. The first-order valence-electron chi connectivity index (χ1n) is 14.4. The molecule has 0 spiro atoms. The number of benzene rings is 5. The van der Waals surface area contributed by atoms with Crippen LogP contribution in [0.4, 0.5) is 0 Å². The molecule has 3 heterocycles. The summed E-state index contributed by atoms with van der Waals surface area (Å²) in [6.45, 7) is 4.56. The van der Waals surface area contributed by atoms with Crippen LogP contribution in [0.5, 0.6) is 0 Å². The quantitative estimate of drug-likeness (QED) is 0.217. The van der Waals surface area contributed by atoms with Crippen molar-refractivity contribution < 1.29 is 8.83 Å². The molecule has 8 aromatic rings. The van der Waals surface area contributed by atoms with E-state index in [0.29, 0.717) is 23.2 Å². The van der Waals surface area contributed by atoms with Crippen LogP contribution in [0.25, 0.3) is 78.4 Å². The Morgan fingerprint density at radius 2 is 1.21 bits per heavy atom. The molecule has 0 N–H and O–H groups in total. The third-order valence-corrected chi connectivity index (χ3v) is 8.77. The van der Waals surface area contributed by atoms with Crippen LogP contribution in [-0.2, 0) is 5.41 Å². The van der Waals surface area contributed by atoms with Crippen LogP contribution >= 0.6 is 0 Å². The highest BCUT2D eigenvalue weighted by molar-refractivity contribution is 6.05. The van der Waals surface area contributed by atoms with Crippen molar-refractivity contribution in [2.24, 2.45) is 0 Å². The Labute approximate surface area is 247 Å². The molecule has 9 rings (SSSR count). The highest BCUT2D eigenvalue weighted by atomic mass is 16.3. The van der Waals surface area contributed by atoms with Gasteiger partial charge in [0.25, 0.3) is 0 Å². The van der Waals surface area contributed by atoms with Crippen molar-refractivity contribution in [1.82, 2.24) is 15.0 Å². The average Bonchev–Trinajstić information content (AvgIpc) is 3.71. The Morgan fingerprint density at radius 1 is 0.512 bits per heavy atom. The SMILES string of the molecule is CC1(C)c2ccccc2-c2c(-c3nc(-c4ccc5c(c4)oc4ccccc45)nc(-c4cc5ccccc5o4)n3)cccc21. The lowest BCUT2D eigenvalue weighted by atomic mass is 9.82.